The molecule has 0 saturated heterocycles. The number of rotatable bonds is 8. The fourth-order valence-corrected chi connectivity index (χ4v) is 2.26. The van der Waals surface area contributed by atoms with Crippen LogP contribution in [-0.4, -0.2) is 30.8 Å². The van der Waals surface area contributed by atoms with Gasteiger partial charge in [0.05, 0.1) is 19.4 Å². The highest BCUT2D eigenvalue weighted by atomic mass is 16.5. The van der Waals surface area contributed by atoms with Gasteiger partial charge in [-0.2, -0.15) is 0 Å². The Morgan fingerprint density at radius 2 is 1.88 bits per heavy atom. The molecule has 7 nitrogen and oxygen atoms in total. The Balaban J connectivity index is 2.09. The molecule has 0 saturated carbocycles. The number of aromatic nitrogens is 1. The smallest absolute Gasteiger partial charge is 0.411 e. The van der Waals surface area contributed by atoms with Crippen molar-refractivity contribution in [3.8, 4) is 5.75 Å². The maximum absolute atomic E-state index is 11.7. The van der Waals surface area contributed by atoms with Crippen LogP contribution >= 0.6 is 0 Å². The molecule has 140 valence electrons. The maximum Gasteiger partial charge on any atom is 0.411 e. The predicted octanol–water partition coefficient (Wildman–Crippen LogP) is 4.09. The second-order valence-corrected chi connectivity index (χ2v) is 5.94. The van der Waals surface area contributed by atoms with Crippen molar-refractivity contribution in [2.45, 2.75) is 33.4 Å². The molecule has 0 radical (unpaired) electrons. The van der Waals surface area contributed by atoms with Crippen molar-refractivity contribution in [1.82, 2.24) is 4.98 Å². The van der Waals surface area contributed by atoms with Gasteiger partial charge in [-0.3, -0.25) is 5.32 Å². The molecule has 0 spiro atoms. The highest BCUT2D eigenvalue weighted by molar-refractivity contribution is 5.88. The number of carbonyl (C=O) groups is 1. The van der Waals surface area contributed by atoms with Gasteiger partial charge in [0.2, 0.25) is 0 Å². The van der Waals surface area contributed by atoms with Crippen LogP contribution in [0.2, 0.25) is 0 Å². The summed E-state index contributed by atoms with van der Waals surface area (Å²) < 4.78 is 10.1. The van der Waals surface area contributed by atoms with E-state index >= 15 is 0 Å². The summed E-state index contributed by atoms with van der Waals surface area (Å²) >= 11 is 0. The van der Waals surface area contributed by atoms with E-state index < -0.39 is 6.09 Å². The van der Waals surface area contributed by atoms with Crippen molar-refractivity contribution in [3.05, 3.63) is 42.0 Å². The van der Waals surface area contributed by atoms with Crippen molar-refractivity contribution < 1.29 is 14.3 Å². The Hall–Kier alpha value is -2.96. The average Bonchev–Trinajstić information content (AvgIpc) is 2.62. The van der Waals surface area contributed by atoms with Gasteiger partial charge in [-0.05, 0) is 50.6 Å². The fourth-order valence-electron chi connectivity index (χ4n) is 2.26. The number of hydrogen-bond donors (Lipinski definition) is 3. The van der Waals surface area contributed by atoms with Gasteiger partial charge < -0.3 is 20.1 Å². The van der Waals surface area contributed by atoms with Gasteiger partial charge in [-0.1, -0.05) is 12.1 Å². The third-order valence-corrected chi connectivity index (χ3v) is 3.47. The van der Waals surface area contributed by atoms with E-state index in [0.717, 1.165) is 11.3 Å². The lowest BCUT2D eigenvalue weighted by Crippen LogP contribution is -2.18. The van der Waals surface area contributed by atoms with Crippen molar-refractivity contribution in [2.24, 2.45) is 0 Å². The molecule has 2 rings (SSSR count). The van der Waals surface area contributed by atoms with E-state index in [1.54, 1.807) is 20.1 Å². The number of hydrogen-bond acceptors (Lipinski definition) is 6. The number of pyridine rings is 1. The van der Waals surface area contributed by atoms with E-state index in [4.69, 9.17) is 9.47 Å². The first-order valence-electron chi connectivity index (χ1n) is 8.60. The standard InChI is InChI=1S/C19H26N4O3/c1-5-26-19(24)22-16-10-11-17(23-18(16)21-13(2)3)20-12-14-6-8-15(25-4)9-7-14/h6-11,13H,5,12H2,1-4H3,(H,22,24)(H2,20,21,23). The third kappa shape index (κ3) is 5.84. The summed E-state index contributed by atoms with van der Waals surface area (Å²) in [5.41, 5.74) is 1.69. The van der Waals surface area contributed by atoms with E-state index in [1.807, 2.05) is 44.2 Å². The fraction of sp³-hybridized carbons (Fsp3) is 0.368. The first-order valence-corrected chi connectivity index (χ1v) is 8.60. The van der Waals surface area contributed by atoms with E-state index in [9.17, 15) is 4.79 Å². The molecule has 0 aliphatic heterocycles. The van der Waals surface area contributed by atoms with Crippen molar-refractivity contribution in [1.29, 1.82) is 0 Å². The molecule has 2 aromatic rings. The van der Waals surface area contributed by atoms with Crippen molar-refractivity contribution >= 4 is 23.4 Å². The lowest BCUT2D eigenvalue weighted by molar-refractivity contribution is 0.168. The lowest BCUT2D eigenvalue weighted by atomic mass is 10.2. The Morgan fingerprint density at radius 3 is 2.50 bits per heavy atom. The zero-order valence-corrected chi connectivity index (χ0v) is 15.6. The van der Waals surface area contributed by atoms with Crippen molar-refractivity contribution in [3.63, 3.8) is 0 Å². The summed E-state index contributed by atoms with van der Waals surface area (Å²) in [6, 6.07) is 11.6. The number of anilines is 3. The summed E-state index contributed by atoms with van der Waals surface area (Å²) in [6.45, 7) is 6.72. The van der Waals surface area contributed by atoms with Crippen LogP contribution in [0.3, 0.4) is 0 Å². The number of ether oxygens (including phenoxy) is 2. The van der Waals surface area contributed by atoms with Crippen LogP contribution in [0.5, 0.6) is 5.75 Å². The lowest BCUT2D eigenvalue weighted by Gasteiger charge is -2.16. The molecular weight excluding hydrogens is 332 g/mol. The normalized spacial score (nSPS) is 10.3. The number of amides is 1. The zero-order valence-electron chi connectivity index (χ0n) is 15.6. The quantitative estimate of drug-likeness (QED) is 0.659. The van der Waals surface area contributed by atoms with Crippen LogP contribution in [0, 0.1) is 0 Å². The van der Waals surface area contributed by atoms with Crippen LogP contribution in [-0.2, 0) is 11.3 Å². The molecule has 0 aliphatic carbocycles. The topological polar surface area (TPSA) is 84.5 Å². The summed E-state index contributed by atoms with van der Waals surface area (Å²) in [5.74, 6) is 2.12. The van der Waals surface area contributed by atoms with Crippen LogP contribution in [0.1, 0.15) is 26.3 Å². The monoisotopic (exact) mass is 358 g/mol. The number of nitrogens with zero attached hydrogens (tertiary/aromatic N) is 1. The minimum Gasteiger partial charge on any atom is -0.497 e. The van der Waals surface area contributed by atoms with Crippen LogP contribution in [0.25, 0.3) is 0 Å². The van der Waals surface area contributed by atoms with E-state index in [0.29, 0.717) is 30.5 Å². The first-order chi connectivity index (χ1) is 12.5. The van der Waals surface area contributed by atoms with Gasteiger partial charge in [-0.25, -0.2) is 9.78 Å². The molecule has 26 heavy (non-hydrogen) atoms. The third-order valence-electron chi connectivity index (χ3n) is 3.47. The first kappa shape index (κ1) is 19.4. The molecular formula is C19H26N4O3. The number of nitrogens with one attached hydrogen (secondary N) is 3. The van der Waals surface area contributed by atoms with Gasteiger partial charge >= 0.3 is 6.09 Å². The molecule has 0 fully saturated rings. The molecule has 3 N–H and O–H groups in total. The van der Waals surface area contributed by atoms with Gasteiger partial charge in [-0.15, -0.1) is 0 Å². The highest BCUT2D eigenvalue weighted by Gasteiger charge is 2.11. The summed E-state index contributed by atoms with van der Waals surface area (Å²) in [5, 5.41) is 9.22. The largest absolute Gasteiger partial charge is 0.497 e. The molecule has 1 aromatic heterocycles. The van der Waals surface area contributed by atoms with Gasteiger partial charge in [0.1, 0.15) is 11.6 Å². The predicted molar refractivity (Wildman–Crippen MR) is 104 cm³/mol. The summed E-state index contributed by atoms with van der Waals surface area (Å²) in [4.78, 5) is 16.2. The molecule has 0 aliphatic rings. The second kappa shape index (κ2) is 9.50. The van der Waals surface area contributed by atoms with Crippen LogP contribution in [0.4, 0.5) is 22.1 Å². The van der Waals surface area contributed by atoms with Crippen LogP contribution < -0.4 is 20.7 Å². The van der Waals surface area contributed by atoms with Gasteiger partial charge in [0, 0.05) is 12.6 Å². The number of carbonyl (C=O) groups excluding carboxylic acids is 1. The molecule has 7 heteroatoms. The minimum atomic E-state index is -0.500. The summed E-state index contributed by atoms with van der Waals surface area (Å²) in [6.07, 6.45) is -0.500. The van der Waals surface area contributed by atoms with Gasteiger partial charge in [0.15, 0.2) is 5.82 Å². The Labute approximate surface area is 154 Å². The molecule has 1 heterocycles. The zero-order chi connectivity index (χ0) is 18.9. The van der Waals surface area contributed by atoms with Gasteiger partial charge in [0.25, 0.3) is 0 Å². The van der Waals surface area contributed by atoms with Crippen molar-refractivity contribution in [2.75, 3.05) is 29.7 Å². The van der Waals surface area contributed by atoms with E-state index in [-0.39, 0.29) is 6.04 Å². The maximum atomic E-state index is 11.7. The number of methoxy groups -OCH3 is 1. The Kier molecular flexibility index (Phi) is 7.08. The highest BCUT2D eigenvalue weighted by Crippen LogP contribution is 2.23. The SMILES string of the molecule is CCOC(=O)Nc1ccc(NCc2ccc(OC)cc2)nc1NC(C)C. The minimum absolute atomic E-state index is 0.169. The Bertz CT molecular complexity index is 717. The second-order valence-electron chi connectivity index (χ2n) is 5.94. The average molecular weight is 358 g/mol. The summed E-state index contributed by atoms with van der Waals surface area (Å²) in [7, 11) is 1.65. The molecule has 1 amide bonds. The van der Waals surface area contributed by atoms with E-state index in [2.05, 4.69) is 20.9 Å². The van der Waals surface area contributed by atoms with E-state index in [1.165, 1.54) is 0 Å². The molecule has 0 atom stereocenters. The molecule has 1 aromatic carbocycles. The molecule has 0 unspecified atom stereocenters. The number of benzene rings is 1. The Morgan fingerprint density at radius 1 is 1.15 bits per heavy atom. The van der Waals surface area contributed by atoms with Crippen LogP contribution in [0.15, 0.2) is 36.4 Å². The molecule has 0 bridgehead atoms.